The normalized spacial score (nSPS) is 32.2. The van der Waals surface area contributed by atoms with Crippen molar-refractivity contribution in [3.8, 4) is 0 Å². The topological polar surface area (TPSA) is 49.1 Å². The van der Waals surface area contributed by atoms with Crippen molar-refractivity contribution in [1.82, 2.24) is 4.86 Å². The van der Waals surface area contributed by atoms with Crippen LogP contribution in [0, 0.1) is 0 Å². The SMILES string of the molecule is FP1(F)=NP(F)(F)=NP(F)(N[P+](F)(F)F)=N1. The maximum Gasteiger partial charge on any atom is 0.653 e. The Bertz CT molecular complexity index is 438. The first-order valence-electron chi connectivity index (χ1n) is 3.00. The van der Waals surface area contributed by atoms with Crippen molar-refractivity contribution in [1.29, 1.82) is 0 Å². The van der Waals surface area contributed by atoms with Gasteiger partial charge in [-0.05, 0) is 4.86 Å². The number of halogens is 8. The van der Waals surface area contributed by atoms with Gasteiger partial charge in [0.15, 0.2) is 0 Å². The van der Waals surface area contributed by atoms with E-state index in [-0.39, 0.29) is 4.86 Å². The Morgan fingerprint density at radius 3 is 1.56 bits per heavy atom. The first-order valence-corrected chi connectivity index (χ1v) is 9.00. The highest BCUT2D eigenvalue weighted by Gasteiger charge is 2.53. The van der Waals surface area contributed by atoms with Gasteiger partial charge in [0, 0.05) is 12.6 Å². The zero-order valence-corrected chi connectivity index (χ0v) is 10.2. The van der Waals surface area contributed by atoms with E-state index in [4.69, 9.17) is 0 Å². The molecule has 1 aliphatic rings. The van der Waals surface area contributed by atoms with Crippen LogP contribution in [-0.4, -0.2) is 0 Å². The maximum absolute atomic E-state index is 13.1. The molecular formula is HF8N4P4+. The summed E-state index contributed by atoms with van der Waals surface area (Å²) in [5.74, 6) is 0. The van der Waals surface area contributed by atoms with Gasteiger partial charge in [0.25, 0.3) is 0 Å². The summed E-state index contributed by atoms with van der Waals surface area (Å²) in [6.07, 6.45) is 0. The zero-order valence-electron chi connectivity index (χ0n) is 6.65. The number of hydrogen-bond donors (Lipinski definition) is 1. The molecule has 96 valence electrons. The van der Waals surface area contributed by atoms with E-state index in [0.29, 0.717) is 0 Å². The van der Waals surface area contributed by atoms with Gasteiger partial charge >= 0.3 is 31.7 Å². The predicted octanol–water partition coefficient (Wildman–Crippen LogP) is 6.86. The molecule has 1 unspecified atom stereocenters. The lowest BCUT2D eigenvalue weighted by atomic mass is 13.8. The van der Waals surface area contributed by atoms with Crippen molar-refractivity contribution in [2.24, 2.45) is 13.5 Å². The van der Waals surface area contributed by atoms with Crippen molar-refractivity contribution < 1.29 is 33.6 Å². The Morgan fingerprint density at radius 2 is 1.19 bits per heavy atom. The van der Waals surface area contributed by atoms with Crippen LogP contribution in [0.25, 0.3) is 0 Å². The van der Waals surface area contributed by atoms with Crippen LogP contribution in [0.3, 0.4) is 0 Å². The second-order valence-corrected chi connectivity index (χ2v) is 8.96. The Labute approximate surface area is 84.6 Å². The third-order valence-corrected chi connectivity index (χ3v) is 8.17. The van der Waals surface area contributed by atoms with Crippen LogP contribution in [0.4, 0.5) is 33.6 Å². The standard InChI is InChI=1S/F8HN4P4/c1-13(2,3)9-16(8)11-14(4,5)10-15(6,7)12-16/h9H/q+1. The van der Waals surface area contributed by atoms with Gasteiger partial charge < -0.3 is 0 Å². The lowest BCUT2D eigenvalue weighted by Gasteiger charge is -2.14. The third-order valence-electron chi connectivity index (χ3n) is 0.908. The molecule has 0 aromatic rings. The molecule has 0 aromatic heterocycles. The molecule has 1 heterocycles. The Hall–Kier alpha value is 0.520. The maximum atomic E-state index is 13.1. The van der Waals surface area contributed by atoms with E-state index in [1.807, 2.05) is 0 Å². The molecule has 0 spiro atoms. The van der Waals surface area contributed by atoms with Crippen molar-refractivity contribution in [2.45, 2.75) is 0 Å². The molecule has 1 N–H and O–H groups in total. The molecule has 0 aromatic carbocycles. The predicted molar refractivity (Wildman–Crippen MR) is 47.0 cm³/mol. The largest absolute Gasteiger partial charge is 0.653 e. The van der Waals surface area contributed by atoms with Gasteiger partial charge in [0.2, 0.25) is 0 Å². The minimum absolute atomic E-state index is 0.103. The van der Waals surface area contributed by atoms with Gasteiger partial charge in [0.1, 0.15) is 0 Å². The number of nitrogens with one attached hydrogen (secondary N) is 1. The first-order chi connectivity index (χ1) is 6.83. The number of nitrogens with zero attached hydrogens (tertiary/aromatic N) is 3. The summed E-state index contributed by atoms with van der Waals surface area (Å²) in [7, 11) is -24.6. The average Bonchev–Trinajstić information content (AvgIpc) is 1.66. The molecule has 0 saturated carbocycles. The molecule has 0 saturated heterocycles. The molecule has 0 aliphatic carbocycles. The molecule has 0 bridgehead atoms. The minimum atomic E-state index is -6.60. The summed E-state index contributed by atoms with van der Waals surface area (Å²) in [6, 6.07) is 0. The molecule has 0 fully saturated rings. The molecular weight excluding hydrogens is 332 g/mol. The van der Waals surface area contributed by atoms with Crippen molar-refractivity contribution in [3.63, 3.8) is 0 Å². The van der Waals surface area contributed by atoms with Gasteiger partial charge in [0.05, 0.1) is 0 Å². The molecule has 4 nitrogen and oxygen atoms in total. The molecule has 0 amide bonds. The summed E-state index contributed by atoms with van der Waals surface area (Å²) >= 11 is 0. The van der Waals surface area contributed by atoms with Crippen LogP contribution >= 0.6 is 31.7 Å². The van der Waals surface area contributed by atoms with Crippen molar-refractivity contribution in [3.05, 3.63) is 0 Å². The first kappa shape index (κ1) is 14.6. The summed E-state index contributed by atoms with van der Waals surface area (Å²) in [6.45, 7) is 0. The number of hydrogen-bond acceptors (Lipinski definition) is 4. The summed E-state index contributed by atoms with van der Waals surface area (Å²) in [5, 5.41) is 0. The van der Waals surface area contributed by atoms with Crippen LogP contribution in [-0.2, 0) is 0 Å². The lowest BCUT2D eigenvalue weighted by Crippen LogP contribution is -1.99. The fourth-order valence-corrected chi connectivity index (χ4v) is 7.56. The number of rotatable bonds is 2. The quantitative estimate of drug-likeness (QED) is 0.435. The highest BCUT2D eigenvalue weighted by Crippen LogP contribution is 2.83. The molecule has 0 radical (unpaired) electrons. The Kier molecular flexibility index (Phi) is 3.67. The van der Waals surface area contributed by atoms with Gasteiger partial charge in [-0.2, -0.15) is 4.20 Å². The fourth-order valence-electron chi connectivity index (χ4n) is 0.653. The van der Waals surface area contributed by atoms with E-state index in [1.54, 1.807) is 13.5 Å². The Balaban J connectivity index is 3.32. The Morgan fingerprint density at radius 1 is 0.750 bits per heavy atom. The highest BCUT2D eigenvalue weighted by molar-refractivity contribution is 7.82. The van der Waals surface area contributed by atoms with Crippen LogP contribution in [0.5, 0.6) is 0 Å². The van der Waals surface area contributed by atoms with E-state index >= 15 is 0 Å². The molecule has 1 atom stereocenters. The van der Waals surface area contributed by atoms with Gasteiger partial charge in [-0.1, -0.05) is 0 Å². The third kappa shape index (κ3) is 4.41. The second-order valence-electron chi connectivity index (χ2n) is 2.25. The van der Waals surface area contributed by atoms with Gasteiger partial charge in [-0.25, -0.2) is 0 Å². The highest BCUT2D eigenvalue weighted by atomic mass is 31.3. The van der Waals surface area contributed by atoms with Crippen LogP contribution in [0.2, 0.25) is 0 Å². The smallest absolute Gasteiger partial charge is 0.162 e. The molecule has 1 aliphatic heterocycles. The van der Waals surface area contributed by atoms with Crippen LogP contribution in [0.15, 0.2) is 13.5 Å². The van der Waals surface area contributed by atoms with E-state index in [1.165, 1.54) is 0 Å². The monoisotopic (exact) mass is 333 g/mol. The summed E-state index contributed by atoms with van der Waals surface area (Å²) < 4.78 is 103. The summed E-state index contributed by atoms with van der Waals surface area (Å²) in [4.78, 5) is 0.103. The van der Waals surface area contributed by atoms with Crippen molar-refractivity contribution >= 4 is 31.7 Å². The second kappa shape index (κ2) is 4.02. The van der Waals surface area contributed by atoms with Crippen LogP contribution in [0.1, 0.15) is 0 Å². The fraction of sp³-hybridized carbons (Fsp3) is 0. The van der Waals surface area contributed by atoms with Crippen LogP contribution < -0.4 is 4.86 Å². The van der Waals surface area contributed by atoms with Gasteiger partial charge in [-0.15, -0.1) is 30.3 Å². The van der Waals surface area contributed by atoms with E-state index < -0.39 is 31.7 Å². The van der Waals surface area contributed by atoms with E-state index in [2.05, 4.69) is 0 Å². The van der Waals surface area contributed by atoms with E-state index in [0.717, 1.165) is 0 Å². The molecule has 16 heavy (non-hydrogen) atoms. The summed E-state index contributed by atoms with van der Waals surface area (Å²) in [5.41, 5.74) is 0. The molecule has 16 heteroatoms. The minimum Gasteiger partial charge on any atom is -0.162 e. The average molecular weight is 333 g/mol. The van der Waals surface area contributed by atoms with Gasteiger partial charge in [-0.3, -0.25) is 0 Å². The zero-order chi connectivity index (χ0) is 12.8. The van der Waals surface area contributed by atoms with E-state index in [9.17, 15) is 33.6 Å². The lowest BCUT2D eigenvalue weighted by molar-refractivity contribution is 0.574. The van der Waals surface area contributed by atoms with Crippen molar-refractivity contribution in [2.75, 3.05) is 0 Å². The molecule has 1 rings (SSSR count).